The Balaban J connectivity index is 1.36. The van der Waals surface area contributed by atoms with Gasteiger partial charge in [0.2, 0.25) is 0 Å². The van der Waals surface area contributed by atoms with Crippen LogP contribution in [0.5, 0.6) is 0 Å². The molecule has 3 heterocycles. The van der Waals surface area contributed by atoms with Crippen LogP contribution in [0.25, 0.3) is 6.08 Å². The molecule has 0 unspecified atom stereocenters. The molecule has 0 saturated carbocycles. The topological polar surface area (TPSA) is 39.9 Å². The number of nitrogens with zero attached hydrogens (tertiary/aromatic N) is 3. The predicted molar refractivity (Wildman–Crippen MR) is 109 cm³/mol. The van der Waals surface area contributed by atoms with Crippen LogP contribution < -0.4 is 4.90 Å². The lowest BCUT2D eigenvalue weighted by Crippen LogP contribution is -2.50. The van der Waals surface area contributed by atoms with Crippen LogP contribution in [0.4, 0.5) is 5.69 Å². The normalized spacial score (nSPS) is 20.4. The number of amides is 1. The summed E-state index contributed by atoms with van der Waals surface area (Å²) >= 11 is 6.76. The molecule has 4 rings (SSSR count). The van der Waals surface area contributed by atoms with Gasteiger partial charge in [-0.05, 0) is 24.3 Å². The van der Waals surface area contributed by atoms with Crippen LogP contribution in [0.3, 0.4) is 0 Å². The summed E-state index contributed by atoms with van der Waals surface area (Å²) in [6, 6.07) is 14.1. The van der Waals surface area contributed by atoms with Gasteiger partial charge in [-0.1, -0.05) is 42.2 Å². The van der Waals surface area contributed by atoms with Crippen LogP contribution >= 0.6 is 24.0 Å². The second kappa shape index (κ2) is 7.65. The maximum absolute atomic E-state index is 12.7. The van der Waals surface area contributed by atoms with Gasteiger partial charge >= 0.3 is 0 Å². The Morgan fingerprint density at radius 2 is 1.85 bits per heavy atom. The van der Waals surface area contributed by atoms with Crippen molar-refractivity contribution in [2.24, 2.45) is 0 Å². The molecule has 134 valence electrons. The van der Waals surface area contributed by atoms with E-state index >= 15 is 0 Å². The Bertz CT molecular complexity index is 813. The summed E-state index contributed by atoms with van der Waals surface area (Å²) in [6.45, 7) is 4.25. The average molecular weight is 386 g/mol. The van der Waals surface area contributed by atoms with Crippen molar-refractivity contribution in [2.45, 2.75) is 0 Å². The number of carbonyl (C=O) groups excluding carboxylic acids is 1. The van der Waals surface area contributed by atoms with E-state index in [0.717, 1.165) is 26.2 Å². The molecule has 5 nitrogen and oxygen atoms in total. The monoisotopic (exact) mass is 385 g/mol. The van der Waals surface area contributed by atoms with E-state index in [-0.39, 0.29) is 5.91 Å². The molecule has 0 N–H and O–H groups in total. The van der Waals surface area contributed by atoms with E-state index in [0.29, 0.717) is 21.7 Å². The first-order valence-corrected chi connectivity index (χ1v) is 9.74. The number of thioether (sulfide) groups is 1. The fraction of sp³-hybridized carbons (Fsp3) is 0.263. The first-order chi connectivity index (χ1) is 12.7. The van der Waals surface area contributed by atoms with Crippen molar-refractivity contribution in [3.63, 3.8) is 0 Å². The van der Waals surface area contributed by atoms with E-state index < -0.39 is 0 Å². The number of rotatable bonds is 4. The number of hydrogen-bond donors (Lipinski definition) is 0. The zero-order valence-corrected chi connectivity index (χ0v) is 15.8. The van der Waals surface area contributed by atoms with E-state index in [1.165, 1.54) is 17.4 Å². The molecule has 0 bridgehead atoms. The van der Waals surface area contributed by atoms with Crippen LogP contribution in [0.2, 0.25) is 0 Å². The Labute approximate surface area is 162 Å². The fourth-order valence-corrected chi connectivity index (χ4v) is 4.33. The minimum Gasteiger partial charge on any atom is -0.465 e. The van der Waals surface area contributed by atoms with Crippen molar-refractivity contribution >= 4 is 46.0 Å². The van der Waals surface area contributed by atoms with E-state index in [1.54, 1.807) is 23.3 Å². The largest absolute Gasteiger partial charge is 0.465 e. The van der Waals surface area contributed by atoms with Crippen LogP contribution in [0, 0.1) is 0 Å². The summed E-state index contributed by atoms with van der Waals surface area (Å²) in [6.07, 6.45) is 3.35. The Morgan fingerprint density at radius 3 is 2.54 bits per heavy atom. The van der Waals surface area contributed by atoms with E-state index in [4.69, 9.17) is 16.6 Å². The van der Waals surface area contributed by atoms with Gasteiger partial charge in [0.25, 0.3) is 5.91 Å². The first-order valence-electron chi connectivity index (χ1n) is 8.52. The maximum atomic E-state index is 12.7. The predicted octanol–water partition coefficient (Wildman–Crippen LogP) is 3.26. The SMILES string of the molecule is O=C1/C(=C/c2ccco2)SC(=S)N1CN1CCN(c2ccccc2)CC1. The number of thiocarbonyl (C=S) groups is 1. The number of piperazine rings is 1. The average Bonchev–Trinajstić information content (AvgIpc) is 3.27. The molecule has 0 radical (unpaired) electrons. The first kappa shape index (κ1) is 17.3. The second-order valence-corrected chi connectivity index (χ2v) is 7.88. The number of anilines is 1. The van der Waals surface area contributed by atoms with Gasteiger partial charge in [0.15, 0.2) is 0 Å². The fourth-order valence-electron chi connectivity index (χ4n) is 3.11. The molecule has 2 fully saturated rings. The molecule has 0 spiro atoms. The lowest BCUT2D eigenvalue weighted by atomic mass is 10.2. The molecule has 0 aliphatic carbocycles. The summed E-state index contributed by atoms with van der Waals surface area (Å²) in [5.74, 6) is 0.629. The summed E-state index contributed by atoms with van der Waals surface area (Å²) in [5, 5.41) is 0. The van der Waals surface area contributed by atoms with Gasteiger partial charge < -0.3 is 9.32 Å². The van der Waals surface area contributed by atoms with Crippen molar-refractivity contribution < 1.29 is 9.21 Å². The van der Waals surface area contributed by atoms with Crippen LogP contribution in [0.1, 0.15) is 5.76 Å². The molecule has 26 heavy (non-hydrogen) atoms. The van der Waals surface area contributed by atoms with Gasteiger partial charge in [0, 0.05) is 37.9 Å². The molecule has 0 atom stereocenters. The second-order valence-electron chi connectivity index (χ2n) is 6.21. The van der Waals surface area contributed by atoms with E-state index in [1.807, 2.05) is 12.1 Å². The van der Waals surface area contributed by atoms with E-state index in [2.05, 4.69) is 34.1 Å². The van der Waals surface area contributed by atoms with Gasteiger partial charge in [0.1, 0.15) is 10.1 Å². The molecule has 2 aliphatic rings. The third-order valence-corrected chi connectivity index (χ3v) is 5.90. The highest BCUT2D eigenvalue weighted by Crippen LogP contribution is 2.32. The lowest BCUT2D eigenvalue weighted by Gasteiger charge is -2.37. The lowest BCUT2D eigenvalue weighted by molar-refractivity contribution is -0.123. The minimum atomic E-state index is -0.0399. The Morgan fingerprint density at radius 1 is 1.08 bits per heavy atom. The molecule has 1 amide bonds. The highest BCUT2D eigenvalue weighted by molar-refractivity contribution is 8.26. The summed E-state index contributed by atoms with van der Waals surface area (Å²) in [5.41, 5.74) is 1.25. The standard InChI is InChI=1S/C19H19N3O2S2/c23-18-17(13-16-7-4-12-24-16)26-19(25)22(18)14-20-8-10-21(11-9-20)15-5-2-1-3-6-15/h1-7,12-13H,8-11,14H2/b17-13-. The Hall–Kier alpha value is -2.09. The highest BCUT2D eigenvalue weighted by Gasteiger charge is 2.34. The van der Waals surface area contributed by atoms with Gasteiger partial charge in [-0.15, -0.1) is 0 Å². The third kappa shape index (κ3) is 3.70. The van der Waals surface area contributed by atoms with Gasteiger partial charge in [-0.3, -0.25) is 14.6 Å². The van der Waals surface area contributed by atoms with Crippen molar-refractivity contribution in [1.29, 1.82) is 0 Å². The molecular formula is C19H19N3O2S2. The number of furan rings is 1. The summed E-state index contributed by atoms with van der Waals surface area (Å²) < 4.78 is 5.91. The van der Waals surface area contributed by atoms with Crippen molar-refractivity contribution in [3.8, 4) is 0 Å². The number of hydrogen-bond acceptors (Lipinski definition) is 6. The van der Waals surface area contributed by atoms with Crippen molar-refractivity contribution in [1.82, 2.24) is 9.80 Å². The molecule has 2 aliphatic heterocycles. The Kier molecular flexibility index (Phi) is 5.10. The highest BCUT2D eigenvalue weighted by atomic mass is 32.2. The van der Waals surface area contributed by atoms with Crippen LogP contribution in [-0.2, 0) is 4.79 Å². The zero-order chi connectivity index (χ0) is 17.9. The third-order valence-electron chi connectivity index (χ3n) is 4.53. The number of benzene rings is 1. The van der Waals surface area contributed by atoms with Crippen molar-refractivity contribution in [3.05, 3.63) is 59.4 Å². The van der Waals surface area contributed by atoms with Gasteiger partial charge in [0.05, 0.1) is 17.8 Å². The maximum Gasteiger partial charge on any atom is 0.267 e. The number of para-hydroxylation sites is 1. The molecule has 2 aromatic rings. The minimum absolute atomic E-state index is 0.0399. The van der Waals surface area contributed by atoms with Gasteiger partial charge in [-0.2, -0.15) is 0 Å². The number of carbonyl (C=O) groups is 1. The summed E-state index contributed by atoms with van der Waals surface area (Å²) in [7, 11) is 0. The van der Waals surface area contributed by atoms with E-state index in [9.17, 15) is 4.79 Å². The zero-order valence-electron chi connectivity index (χ0n) is 14.2. The van der Waals surface area contributed by atoms with Gasteiger partial charge in [-0.25, -0.2) is 0 Å². The quantitative estimate of drug-likeness (QED) is 0.594. The van der Waals surface area contributed by atoms with Crippen LogP contribution in [0.15, 0.2) is 58.1 Å². The molecular weight excluding hydrogens is 366 g/mol. The molecule has 1 aromatic carbocycles. The van der Waals surface area contributed by atoms with Crippen molar-refractivity contribution in [2.75, 3.05) is 37.7 Å². The molecule has 1 aromatic heterocycles. The molecule has 7 heteroatoms. The smallest absolute Gasteiger partial charge is 0.267 e. The van der Waals surface area contributed by atoms with Crippen LogP contribution in [-0.4, -0.2) is 52.9 Å². The molecule has 2 saturated heterocycles. The summed E-state index contributed by atoms with van der Waals surface area (Å²) in [4.78, 5) is 19.6.